The van der Waals surface area contributed by atoms with E-state index in [1.165, 1.54) is 11.1 Å². The van der Waals surface area contributed by atoms with Gasteiger partial charge in [-0.2, -0.15) is 0 Å². The van der Waals surface area contributed by atoms with E-state index in [2.05, 4.69) is 38.1 Å². The van der Waals surface area contributed by atoms with Crippen molar-refractivity contribution in [1.82, 2.24) is 4.90 Å². The average Bonchev–Trinajstić information content (AvgIpc) is 2.24. The van der Waals surface area contributed by atoms with Gasteiger partial charge in [-0.15, -0.1) is 0 Å². The highest BCUT2D eigenvalue weighted by Crippen LogP contribution is 2.33. The molecule has 0 aliphatic carbocycles. The van der Waals surface area contributed by atoms with E-state index in [1.54, 1.807) is 0 Å². The molecule has 18 heavy (non-hydrogen) atoms. The minimum Gasteiger partial charge on any atom is -0.332 e. The van der Waals surface area contributed by atoms with Gasteiger partial charge in [0.05, 0.1) is 0 Å². The van der Waals surface area contributed by atoms with Crippen LogP contribution in [0.4, 0.5) is 0 Å². The van der Waals surface area contributed by atoms with Crippen LogP contribution in [0.25, 0.3) is 0 Å². The normalized spacial score (nSPS) is 18.4. The second-order valence-corrected chi connectivity index (χ2v) is 6.90. The molecule has 1 aliphatic heterocycles. The minimum absolute atomic E-state index is 0.0985. The first kappa shape index (κ1) is 13.1. The summed E-state index contributed by atoms with van der Waals surface area (Å²) in [5.74, 6) is 0.238. The van der Waals surface area contributed by atoms with E-state index >= 15 is 0 Å². The zero-order chi connectivity index (χ0) is 13.6. The summed E-state index contributed by atoms with van der Waals surface area (Å²) in [6.45, 7) is 11.0. The first-order chi connectivity index (χ1) is 8.22. The standard InChI is InChI=1S/C16H23NO/c1-15(2,3)14(18)17-11-13-9-7-6-8-12(13)10-16(17,4)5/h6-9H,10-11H2,1-5H3. The minimum atomic E-state index is -0.316. The van der Waals surface area contributed by atoms with Crippen molar-refractivity contribution < 1.29 is 4.79 Å². The molecule has 0 atom stereocenters. The topological polar surface area (TPSA) is 20.3 Å². The Hall–Kier alpha value is -1.31. The first-order valence-electron chi connectivity index (χ1n) is 6.61. The summed E-state index contributed by atoms with van der Waals surface area (Å²) in [5, 5.41) is 0. The molecule has 1 amide bonds. The van der Waals surface area contributed by atoms with Gasteiger partial charge in [0, 0.05) is 17.5 Å². The van der Waals surface area contributed by atoms with E-state index in [-0.39, 0.29) is 16.9 Å². The van der Waals surface area contributed by atoms with Crippen molar-refractivity contribution in [3.05, 3.63) is 35.4 Å². The Morgan fingerprint density at radius 1 is 1.17 bits per heavy atom. The summed E-state index contributed by atoms with van der Waals surface area (Å²) < 4.78 is 0. The number of fused-ring (bicyclic) bond motifs is 1. The smallest absolute Gasteiger partial charge is 0.228 e. The van der Waals surface area contributed by atoms with Gasteiger partial charge in [0.25, 0.3) is 0 Å². The van der Waals surface area contributed by atoms with E-state index in [0.717, 1.165) is 13.0 Å². The Bertz CT molecular complexity index is 468. The molecule has 0 unspecified atom stereocenters. The van der Waals surface area contributed by atoms with Gasteiger partial charge in [-0.3, -0.25) is 4.79 Å². The van der Waals surface area contributed by atoms with Gasteiger partial charge >= 0.3 is 0 Å². The van der Waals surface area contributed by atoms with Crippen molar-refractivity contribution >= 4 is 5.91 Å². The lowest BCUT2D eigenvalue weighted by Crippen LogP contribution is -2.54. The van der Waals surface area contributed by atoms with Crippen molar-refractivity contribution in [1.29, 1.82) is 0 Å². The van der Waals surface area contributed by atoms with Crippen LogP contribution in [0.5, 0.6) is 0 Å². The molecule has 0 N–H and O–H groups in total. The van der Waals surface area contributed by atoms with Crippen LogP contribution in [0.3, 0.4) is 0 Å². The van der Waals surface area contributed by atoms with E-state index in [1.807, 2.05) is 25.7 Å². The molecule has 1 aromatic carbocycles. The molecular weight excluding hydrogens is 222 g/mol. The van der Waals surface area contributed by atoms with E-state index in [0.29, 0.717) is 0 Å². The van der Waals surface area contributed by atoms with Gasteiger partial charge in [-0.25, -0.2) is 0 Å². The third kappa shape index (κ3) is 2.29. The molecule has 0 aromatic heterocycles. The Morgan fingerprint density at radius 2 is 1.72 bits per heavy atom. The molecule has 0 saturated heterocycles. The molecule has 0 bridgehead atoms. The molecule has 0 radical (unpaired) electrons. The summed E-state index contributed by atoms with van der Waals surface area (Å²) in [7, 11) is 0. The number of rotatable bonds is 0. The summed E-state index contributed by atoms with van der Waals surface area (Å²) in [5.41, 5.74) is 2.25. The van der Waals surface area contributed by atoms with Crippen LogP contribution in [0, 0.1) is 5.41 Å². The zero-order valence-electron chi connectivity index (χ0n) is 12.1. The molecule has 0 fully saturated rings. The summed E-state index contributed by atoms with van der Waals surface area (Å²) in [4.78, 5) is 14.6. The predicted molar refractivity (Wildman–Crippen MR) is 74.2 cm³/mol. The molecule has 0 saturated carbocycles. The highest BCUT2D eigenvalue weighted by molar-refractivity contribution is 5.82. The largest absolute Gasteiger partial charge is 0.332 e. The molecule has 1 aromatic rings. The van der Waals surface area contributed by atoms with E-state index in [9.17, 15) is 4.79 Å². The second-order valence-electron chi connectivity index (χ2n) is 6.90. The molecule has 1 heterocycles. The van der Waals surface area contributed by atoms with E-state index < -0.39 is 0 Å². The van der Waals surface area contributed by atoms with Crippen molar-refractivity contribution in [3.8, 4) is 0 Å². The summed E-state index contributed by atoms with van der Waals surface area (Å²) in [6, 6.07) is 8.44. The zero-order valence-corrected chi connectivity index (χ0v) is 12.1. The third-order valence-corrected chi connectivity index (χ3v) is 3.69. The molecule has 98 valence electrons. The lowest BCUT2D eigenvalue weighted by molar-refractivity contribution is -0.146. The fourth-order valence-electron chi connectivity index (χ4n) is 2.58. The Labute approximate surface area is 110 Å². The number of benzene rings is 1. The fourth-order valence-corrected chi connectivity index (χ4v) is 2.58. The molecule has 2 rings (SSSR count). The number of carbonyl (C=O) groups is 1. The second kappa shape index (κ2) is 4.11. The van der Waals surface area contributed by atoms with Crippen molar-refractivity contribution in [2.45, 2.75) is 53.1 Å². The number of carbonyl (C=O) groups excluding carboxylic acids is 1. The molecule has 1 aliphatic rings. The third-order valence-electron chi connectivity index (χ3n) is 3.69. The number of amides is 1. The maximum atomic E-state index is 12.6. The lowest BCUT2D eigenvalue weighted by atomic mass is 9.83. The van der Waals surface area contributed by atoms with Gasteiger partial charge < -0.3 is 4.90 Å². The molecule has 2 heteroatoms. The van der Waals surface area contributed by atoms with Crippen LogP contribution in [-0.4, -0.2) is 16.3 Å². The Balaban J connectivity index is 2.37. The summed E-state index contributed by atoms with van der Waals surface area (Å²) >= 11 is 0. The number of nitrogens with zero attached hydrogens (tertiary/aromatic N) is 1. The van der Waals surface area contributed by atoms with Gasteiger partial charge in [0.2, 0.25) is 5.91 Å². The number of hydrogen-bond donors (Lipinski definition) is 0. The van der Waals surface area contributed by atoms with Crippen LogP contribution in [0.1, 0.15) is 45.7 Å². The highest BCUT2D eigenvalue weighted by atomic mass is 16.2. The molecule has 2 nitrogen and oxygen atoms in total. The van der Waals surface area contributed by atoms with Crippen molar-refractivity contribution in [2.75, 3.05) is 0 Å². The lowest BCUT2D eigenvalue weighted by Gasteiger charge is -2.45. The Kier molecular flexibility index (Phi) is 3.00. The van der Waals surface area contributed by atoms with Crippen molar-refractivity contribution in [3.63, 3.8) is 0 Å². The van der Waals surface area contributed by atoms with Crippen LogP contribution >= 0.6 is 0 Å². The maximum absolute atomic E-state index is 12.6. The predicted octanol–water partition coefficient (Wildman–Crippen LogP) is 3.40. The first-order valence-corrected chi connectivity index (χ1v) is 6.61. The number of hydrogen-bond acceptors (Lipinski definition) is 1. The monoisotopic (exact) mass is 245 g/mol. The summed E-state index contributed by atoms with van der Waals surface area (Å²) in [6.07, 6.45) is 0.936. The van der Waals surface area contributed by atoms with Gasteiger partial charge in [0.1, 0.15) is 0 Å². The van der Waals surface area contributed by atoms with E-state index in [4.69, 9.17) is 0 Å². The van der Waals surface area contributed by atoms with Gasteiger partial charge in [-0.05, 0) is 31.4 Å². The van der Waals surface area contributed by atoms with Gasteiger partial charge in [-0.1, -0.05) is 45.0 Å². The maximum Gasteiger partial charge on any atom is 0.228 e. The SMILES string of the molecule is CC(C)(C)C(=O)N1Cc2ccccc2CC1(C)C. The van der Waals surface area contributed by atoms with Crippen LogP contribution in [-0.2, 0) is 17.8 Å². The van der Waals surface area contributed by atoms with Crippen LogP contribution in [0.2, 0.25) is 0 Å². The average molecular weight is 245 g/mol. The molecular formula is C16H23NO. The fraction of sp³-hybridized carbons (Fsp3) is 0.562. The quantitative estimate of drug-likeness (QED) is 0.686. The molecule has 0 spiro atoms. The highest BCUT2D eigenvalue weighted by Gasteiger charge is 2.39. The van der Waals surface area contributed by atoms with Crippen molar-refractivity contribution in [2.24, 2.45) is 5.41 Å². The Morgan fingerprint density at radius 3 is 2.28 bits per heavy atom. The van der Waals surface area contributed by atoms with Gasteiger partial charge in [0.15, 0.2) is 0 Å². The van der Waals surface area contributed by atoms with Crippen LogP contribution in [0.15, 0.2) is 24.3 Å². The van der Waals surface area contributed by atoms with Crippen LogP contribution < -0.4 is 0 Å².